The first-order chi connectivity index (χ1) is 13.0. The van der Waals surface area contributed by atoms with Gasteiger partial charge in [0.05, 0.1) is 18.0 Å². The topological polar surface area (TPSA) is 66.5 Å². The molecule has 0 bridgehead atoms. The van der Waals surface area contributed by atoms with Crippen molar-refractivity contribution in [1.82, 2.24) is 5.32 Å². The Morgan fingerprint density at radius 1 is 1.11 bits per heavy atom. The number of rotatable bonds is 4. The summed E-state index contributed by atoms with van der Waals surface area (Å²) in [6, 6.07) is 13.4. The normalized spacial score (nSPS) is 15.2. The van der Waals surface area contributed by atoms with Crippen LogP contribution in [0.25, 0.3) is 0 Å². The van der Waals surface area contributed by atoms with E-state index in [2.05, 4.69) is 50.4 Å². The Hall–Kier alpha value is -2.34. The second-order valence-corrected chi connectivity index (χ2v) is 10.4. The minimum Gasteiger partial charge on any atom is -0.346 e. The van der Waals surface area contributed by atoms with Crippen LogP contribution in [0.15, 0.2) is 42.5 Å². The average molecular weight is 401 g/mol. The minimum absolute atomic E-state index is 0.0925. The molecule has 0 saturated heterocycles. The molecule has 3 rings (SSSR count). The lowest BCUT2D eigenvalue weighted by Gasteiger charge is -2.21. The van der Waals surface area contributed by atoms with E-state index in [4.69, 9.17) is 0 Å². The number of hydrogen-bond acceptors (Lipinski definition) is 3. The van der Waals surface area contributed by atoms with Crippen LogP contribution in [0.3, 0.4) is 0 Å². The largest absolute Gasteiger partial charge is 0.346 e. The van der Waals surface area contributed by atoms with Gasteiger partial charge < -0.3 is 5.32 Å². The summed E-state index contributed by atoms with van der Waals surface area (Å²) in [4.78, 5) is 12.7. The lowest BCUT2D eigenvalue weighted by molar-refractivity contribution is 0.0940. The van der Waals surface area contributed by atoms with Crippen molar-refractivity contribution in [3.63, 3.8) is 0 Å². The zero-order valence-electron chi connectivity index (χ0n) is 17.1. The number of anilines is 1. The van der Waals surface area contributed by atoms with Crippen molar-refractivity contribution in [1.29, 1.82) is 0 Å². The fourth-order valence-corrected chi connectivity index (χ4v) is 4.45. The molecule has 1 atom stereocenters. The summed E-state index contributed by atoms with van der Waals surface area (Å²) in [6.45, 7) is 8.91. The number of nitrogens with zero attached hydrogens (tertiary/aromatic N) is 1. The molecule has 5 nitrogen and oxygen atoms in total. The first-order valence-corrected chi connectivity index (χ1v) is 11.3. The van der Waals surface area contributed by atoms with Gasteiger partial charge in [0.15, 0.2) is 0 Å². The van der Waals surface area contributed by atoms with Gasteiger partial charge in [0.2, 0.25) is 10.0 Å². The fraction of sp³-hybridized carbons (Fsp3) is 0.409. The van der Waals surface area contributed by atoms with Crippen molar-refractivity contribution >= 4 is 21.6 Å². The van der Waals surface area contributed by atoms with E-state index in [1.54, 1.807) is 18.2 Å². The Kier molecular flexibility index (Phi) is 5.28. The van der Waals surface area contributed by atoms with Crippen molar-refractivity contribution in [2.45, 2.75) is 45.6 Å². The second kappa shape index (κ2) is 7.24. The van der Waals surface area contributed by atoms with Crippen LogP contribution in [0.1, 0.15) is 60.8 Å². The average Bonchev–Trinajstić information content (AvgIpc) is 3.04. The molecule has 1 aliphatic heterocycles. The maximum atomic E-state index is 12.7. The molecule has 150 valence electrons. The first kappa shape index (κ1) is 20.4. The van der Waals surface area contributed by atoms with Gasteiger partial charge in [-0.15, -0.1) is 0 Å². The van der Waals surface area contributed by atoms with Crippen LogP contribution in [0.4, 0.5) is 5.69 Å². The van der Waals surface area contributed by atoms with Crippen LogP contribution in [-0.4, -0.2) is 27.1 Å². The van der Waals surface area contributed by atoms with Crippen LogP contribution in [0, 0.1) is 0 Å². The fourth-order valence-electron chi connectivity index (χ4n) is 3.49. The summed E-state index contributed by atoms with van der Waals surface area (Å²) in [7, 11) is -3.29. The van der Waals surface area contributed by atoms with E-state index in [1.165, 1.54) is 16.1 Å². The molecule has 1 heterocycles. The molecule has 1 aliphatic rings. The van der Waals surface area contributed by atoms with E-state index in [1.807, 2.05) is 6.92 Å². The van der Waals surface area contributed by atoms with Crippen molar-refractivity contribution in [3.05, 3.63) is 64.7 Å². The Bertz CT molecular complexity index is 989. The smallest absolute Gasteiger partial charge is 0.251 e. The van der Waals surface area contributed by atoms with E-state index in [0.29, 0.717) is 24.2 Å². The van der Waals surface area contributed by atoms with Gasteiger partial charge in [-0.2, -0.15) is 0 Å². The highest BCUT2D eigenvalue weighted by atomic mass is 32.2. The molecule has 2 aromatic rings. The van der Waals surface area contributed by atoms with Crippen molar-refractivity contribution in [2.24, 2.45) is 0 Å². The highest BCUT2D eigenvalue weighted by molar-refractivity contribution is 7.92. The molecule has 0 spiro atoms. The molecule has 1 N–H and O–H groups in total. The zero-order chi connectivity index (χ0) is 20.7. The number of nitrogens with one attached hydrogen (secondary N) is 1. The van der Waals surface area contributed by atoms with Gasteiger partial charge >= 0.3 is 0 Å². The quantitative estimate of drug-likeness (QED) is 0.849. The molecule has 0 aromatic heterocycles. The molecule has 1 amide bonds. The third-order valence-corrected chi connectivity index (χ3v) is 6.40. The van der Waals surface area contributed by atoms with Crippen LogP contribution in [0.2, 0.25) is 0 Å². The lowest BCUT2D eigenvalue weighted by atomic mass is 9.86. The Balaban J connectivity index is 1.73. The number of benzene rings is 2. The number of hydrogen-bond donors (Lipinski definition) is 1. The van der Waals surface area contributed by atoms with E-state index < -0.39 is 10.0 Å². The van der Waals surface area contributed by atoms with Crippen LogP contribution >= 0.6 is 0 Å². The summed E-state index contributed by atoms with van der Waals surface area (Å²) < 4.78 is 25.1. The Morgan fingerprint density at radius 3 is 2.32 bits per heavy atom. The first-order valence-electron chi connectivity index (χ1n) is 9.49. The summed E-state index contributed by atoms with van der Waals surface area (Å²) in [5.74, 6) is -0.159. The molecule has 28 heavy (non-hydrogen) atoms. The maximum absolute atomic E-state index is 12.7. The van der Waals surface area contributed by atoms with Gasteiger partial charge in [-0.25, -0.2) is 8.42 Å². The molecule has 0 saturated carbocycles. The third kappa shape index (κ3) is 4.22. The monoisotopic (exact) mass is 400 g/mol. The molecule has 0 aliphatic carbocycles. The Labute approximate surface area is 167 Å². The highest BCUT2D eigenvalue weighted by Crippen LogP contribution is 2.31. The number of carbonyl (C=O) groups is 1. The lowest BCUT2D eigenvalue weighted by Crippen LogP contribution is -2.28. The standard InChI is InChI=1S/C22H28N2O3S/c1-15(16-6-9-19(10-7-16)22(2,3)4)23-21(25)18-8-11-20-17(14-18)12-13-24(20)28(5,26)27/h6-11,14-15H,12-13H2,1-5H3,(H,23,25). The summed E-state index contributed by atoms with van der Waals surface area (Å²) >= 11 is 0. The number of amides is 1. The van der Waals surface area contributed by atoms with Crippen molar-refractivity contribution in [2.75, 3.05) is 17.1 Å². The SMILES string of the molecule is CC(NC(=O)c1ccc2c(c1)CCN2S(C)(=O)=O)c1ccc(C(C)(C)C)cc1. The molecular weight excluding hydrogens is 372 g/mol. The van der Waals surface area contributed by atoms with Gasteiger partial charge in [0.1, 0.15) is 0 Å². The van der Waals surface area contributed by atoms with Crippen LogP contribution in [0.5, 0.6) is 0 Å². The van der Waals surface area contributed by atoms with E-state index in [9.17, 15) is 13.2 Å². The van der Waals surface area contributed by atoms with Gasteiger partial charge in [-0.05, 0) is 53.6 Å². The zero-order valence-corrected chi connectivity index (χ0v) is 17.9. The van der Waals surface area contributed by atoms with Crippen LogP contribution < -0.4 is 9.62 Å². The van der Waals surface area contributed by atoms with E-state index in [0.717, 1.165) is 11.1 Å². The molecule has 2 aromatic carbocycles. The predicted octanol–water partition coefficient (Wildman–Crippen LogP) is 3.80. The van der Waals surface area contributed by atoms with Gasteiger partial charge in [-0.3, -0.25) is 9.10 Å². The second-order valence-electron chi connectivity index (χ2n) is 8.50. The van der Waals surface area contributed by atoms with E-state index in [-0.39, 0.29) is 17.4 Å². The number of sulfonamides is 1. The Morgan fingerprint density at radius 2 is 1.75 bits per heavy atom. The molecule has 6 heteroatoms. The molecular formula is C22H28N2O3S. The summed E-state index contributed by atoms with van der Waals surface area (Å²) in [5.41, 5.74) is 4.50. The van der Waals surface area contributed by atoms with Crippen molar-refractivity contribution in [3.8, 4) is 0 Å². The molecule has 1 unspecified atom stereocenters. The van der Waals surface area contributed by atoms with Gasteiger partial charge in [0, 0.05) is 12.1 Å². The summed E-state index contributed by atoms with van der Waals surface area (Å²) in [5, 5.41) is 3.03. The highest BCUT2D eigenvalue weighted by Gasteiger charge is 2.27. The summed E-state index contributed by atoms with van der Waals surface area (Å²) in [6.07, 6.45) is 1.82. The maximum Gasteiger partial charge on any atom is 0.251 e. The van der Waals surface area contributed by atoms with Crippen molar-refractivity contribution < 1.29 is 13.2 Å². The predicted molar refractivity (Wildman–Crippen MR) is 113 cm³/mol. The number of carbonyl (C=O) groups excluding carboxylic acids is 1. The molecule has 0 fully saturated rings. The third-order valence-electron chi connectivity index (χ3n) is 5.22. The molecule has 0 radical (unpaired) electrons. The number of fused-ring (bicyclic) bond motifs is 1. The minimum atomic E-state index is -3.29. The van der Waals surface area contributed by atoms with Gasteiger partial charge in [0.25, 0.3) is 5.91 Å². The van der Waals surface area contributed by atoms with E-state index >= 15 is 0 Å². The van der Waals surface area contributed by atoms with Crippen LogP contribution in [-0.2, 0) is 21.9 Å². The van der Waals surface area contributed by atoms with Gasteiger partial charge in [-0.1, -0.05) is 45.0 Å².